The van der Waals surface area contributed by atoms with E-state index in [2.05, 4.69) is 0 Å². The van der Waals surface area contributed by atoms with Crippen LogP contribution < -0.4 is 9.64 Å². The molecule has 0 atom stereocenters. The predicted molar refractivity (Wildman–Crippen MR) is 90.0 cm³/mol. The van der Waals surface area contributed by atoms with Crippen LogP contribution in [0.25, 0.3) is 0 Å². The normalized spacial score (nSPS) is 14.7. The number of nitro benzene ring substituents is 1. The van der Waals surface area contributed by atoms with Crippen LogP contribution in [0, 0.1) is 33.1 Å². The lowest BCUT2D eigenvalue weighted by Gasteiger charge is -2.33. The first-order chi connectivity index (χ1) is 12.5. The number of ether oxygens (including phenoxy) is 1. The molecule has 0 aliphatic carbocycles. The molecule has 8 heteroatoms. The third kappa shape index (κ3) is 3.72. The van der Waals surface area contributed by atoms with E-state index >= 15 is 0 Å². The lowest BCUT2D eigenvalue weighted by molar-refractivity contribution is -0.384. The fraction of sp³-hybridized carbons (Fsp3) is 0.278. The van der Waals surface area contributed by atoms with Gasteiger partial charge in [-0.15, -0.1) is 0 Å². The predicted octanol–water partition coefficient (Wildman–Crippen LogP) is 3.79. The Hall–Kier alpha value is -3.21. The zero-order valence-electron chi connectivity index (χ0n) is 13.7. The van der Waals surface area contributed by atoms with Gasteiger partial charge in [0.15, 0.2) is 11.6 Å². The minimum atomic E-state index is -0.759. The van der Waals surface area contributed by atoms with Crippen molar-refractivity contribution in [1.82, 2.24) is 0 Å². The molecular weight excluding hydrogens is 344 g/mol. The van der Waals surface area contributed by atoms with Gasteiger partial charge in [-0.3, -0.25) is 10.1 Å². The van der Waals surface area contributed by atoms with Crippen LogP contribution in [0.3, 0.4) is 0 Å². The van der Waals surface area contributed by atoms with Crippen LogP contribution in [0.15, 0.2) is 36.4 Å². The summed E-state index contributed by atoms with van der Waals surface area (Å²) in [5, 5.41) is 20.3. The summed E-state index contributed by atoms with van der Waals surface area (Å²) in [6.45, 7) is 0.923. The van der Waals surface area contributed by atoms with Crippen LogP contribution in [0.4, 0.5) is 20.2 Å². The highest BCUT2D eigenvalue weighted by atomic mass is 19.1. The van der Waals surface area contributed by atoms with E-state index in [0.717, 1.165) is 12.1 Å². The van der Waals surface area contributed by atoms with E-state index in [1.807, 2.05) is 11.0 Å². The second-order valence-corrected chi connectivity index (χ2v) is 5.95. The molecule has 26 heavy (non-hydrogen) atoms. The number of halogens is 2. The fourth-order valence-electron chi connectivity index (χ4n) is 2.97. The van der Waals surface area contributed by atoms with Gasteiger partial charge in [0.05, 0.1) is 16.6 Å². The number of nitrogens with zero attached hydrogens (tertiary/aromatic N) is 3. The smallest absolute Gasteiger partial charge is 0.292 e. The number of hydrogen-bond acceptors (Lipinski definition) is 5. The molecule has 0 radical (unpaired) electrons. The van der Waals surface area contributed by atoms with E-state index < -0.39 is 16.6 Å². The molecule has 1 aliphatic rings. The number of anilines is 1. The summed E-state index contributed by atoms with van der Waals surface area (Å²) < 4.78 is 32.2. The quantitative estimate of drug-likeness (QED) is 0.613. The van der Waals surface area contributed by atoms with E-state index in [0.29, 0.717) is 37.2 Å². The standard InChI is InChI=1S/C18H15F2N3O3/c19-13-2-4-18(15(20)10-13)26-14-5-7-22(8-6-14)17-9-12(11-21)1-3-16(17)23(24)25/h1-4,9-10,14H,5-8H2. The van der Waals surface area contributed by atoms with Crippen molar-refractivity contribution in [3.8, 4) is 11.8 Å². The topological polar surface area (TPSA) is 79.4 Å². The Morgan fingerprint density at radius 2 is 1.92 bits per heavy atom. The van der Waals surface area contributed by atoms with Crippen LogP contribution in [-0.4, -0.2) is 24.1 Å². The van der Waals surface area contributed by atoms with Gasteiger partial charge in [0.2, 0.25) is 0 Å². The summed E-state index contributed by atoms with van der Waals surface area (Å²) in [4.78, 5) is 12.6. The van der Waals surface area contributed by atoms with Crippen molar-refractivity contribution >= 4 is 11.4 Å². The SMILES string of the molecule is N#Cc1ccc([N+](=O)[O-])c(N2CCC(Oc3ccc(F)cc3F)CC2)c1. The molecule has 2 aromatic carbocycles. The zero-order valence-corrected chi connectivity index (χ0v) is 13.7. The van der Waals surface area contributed by atoms with Crippen LogP contribution in [0.5, 0.6) is 5.75 Å². The highest BCUT2D eigenvalue weighted by Gasteiger charge is 2.26. The first kappa shape index (κ1) is 17.6. The number of nitriles is 1. The molecule has 1 saturated heterocycles. The number of piperidine rings is 1. The summed E-state index contributed by atoms with van der Waals surface area (Å²) >= 11 is 0. The summed E-state index contributed by atoms with van der Waals surface area (Å²) in [7, 11) is 0. The molecule has 0 N–H and O–H groups in total. The van der Waals surface area contributed by atoms with Crippen molar-refractivity contribution in [3.63, 3.8) is 0 Å². The maximum absolute atomic E-state index is 13.7. The molecule has 0 saturated carbocycles. The number of hydrogen-bond donors (Lipinski definition) is 0. The second kappa shape index (κ2) is 7.35. The highest BCUT2D eigenvalue weighted by Crippen LogP contribution is 2.32. The highest BCUT2D eigenvalue weighted by molar-refractivity contribution is 5.66. The molecule has 0 amide bonds. The Labute approximate surface area is 148 Å². The van der Waals surface area contributed by atoms with Crippen LogP contribution in [0.1, 0.15) is 18.4 Å². The Morgan fingerprint density at radius 3 is 2.54 bits per heavy atom. The van der Waals surface area contributed by atoms with Crippen LogP contribution in [-0.2, 0) is 0 Å². The lowest BCUT2D eigenvalue weighted by atomic mass is 10.1. The Bertz CT molecular complexity index is 874. The molecule has 1 aliphatic heterocycles. The van der Waals surface area contributed by atoms with E-state index in [-0.39, 0.29) is 17.5 Å². The maximum atomic E-state index is 13.7. The number of nitro groups is 1. The van der Waals surface area contributed by atoms with Gasteiger partial charge in [-0.25, -0.2) is 8.78 Å². The maximum Gasteiger partial charge on any atom is 0.292 e. The third-order valence-electron chi connectivity index (χ3n) is 4.27. The van der Waals surface area contributed by atoms with Gasteiger partial charge in [-0.05, 0) is 24.3 Å². The van der Waals surface area contributed by atoms with E-state index in [4.69, 9.17) is 10.00 Å². The van der Waals surface area contributed by atoms with Gasteiger partial charge in [0, 0.05) is 38.1 Å². The molecular formula is C18H15F2N3O3. The van der Waals surface area contributed by atoms with Crippen molar-refractivity contribution in [1.29, 1.82) is 5.26 Å². The average Bonchev–Trinajstić information content (AvgIpc) is 2.64. The van der Waals surface area contributed by atoms with Crippen molar-refractivity contribution in [2.75, 3.05) is 18.0 Å². The van der Waals surface area contributed by atoms with Crippen molar-refractivity contribution in [2.24, 2.45) is 0 Å². The monoisotopic (exact) mass is 359 g/mol. The Kier molecular flexibility index (Phi) is 4.98. The van der Waals surface area contributed by atoms with Crippen molar-refractivity contribution in [3.05, 3.63) is 63.7 Å². The van der Waals surface area contributed by atoms with Crippen molar-refractivity contribution < 1.29 is 18.4 Å². The van der Waals surface area contributed by atoms with Gasteiger partial charge in [-0.1, -0.05) is 0 Å². The molecule has 0 unspecified atom stereocenters. The fourth-order valence-corrected chi connectivity index (χ4v) is 2.97. The molecule has 134 valence electrons. The molecule has 3 rings (SSSR count). The molecule has 1 fully saturated rings. The summed E-state index contributed by atoms with van der Waals surface area (Å²) in [6, 6.07) is 9.36. The Balaban J connectivity index is 1.71. The van der Waals surface area contributed by atoms with Gasteiger partial charge in [0.1, 0.15) is 17.6 Å². The van der Waals surface area contributed by atoms with Crippen LogP contribution >= 0.6 is 0 Å². The second-order valence-electron chi connectivity index (χ2n) is 5.95. The summed E-state index contributed by atoms with van der Waals surface area (Å²) in [6.07, 6.45) is 0.764. The third-order valence-corrected chi connectivity index (χ3v) is 4.27. The number of benzene rings is 2. The van der Waals surface area contributed by atoms with Gasteiger partial charge in [-0.2, -0.15) is 5.26 Å². The van der Waals surface area contributed by atoms with Crippen molar-refractivity contribution in [2.45, 2.75) is 18.9 Å². The minimum Gasteiger partial charge on any atom is -0.487 e. The molecule has 2 aromatic rings. The number of rotatable bonds is 4. The molecule has 0 aromatic heterocycles. The lowest BCUT2D eigenvalue weighted by Crippen LogP contribution is -2.38. The van der Waals surface area contributed by atoms with E-state index in [9.17, 15) is 18.9 Å². The first-order valence-electron chi connectivity index (χ1n) is 8.03. The van der Waals surface area contributed by atoms with Crippen LogP contribution in [0.2, 0.25) is 0 Å². The Morgan fingerprint density at radius 1 is 1.19 bits per heavy atom. The van der Waals surface area contributed by atoms with Gasteiger partial charge >= 0.3 is 0 Å². The largest absolute Gasteiger partial charge is 0.487 e. The summed E-state index contributed by atoms with van der Waals surface area (Å²) in [5.74, 6) is -1.44. The minimum absolute atomic E-state index is 0.0118. The molecule has 1 heterocycles. The van der Waals surface area contributed by atoms with Gasteiger partial charge in [0.25, 0.3) is 5.69 Å². The van der Waals surface area contributed by atoms with E-state index in [1.54, 1.807) is 0 Å². The first-order valence-corrected chi connectivity index (χ1v) is 8.03. The van der Waals surface area contributed by atoms with E-state index in [1.165, 1.54) is 24.3 Å². The molecule has 0 bridgehead atoms. The van der Waals surface area contributed by atoms with Gasteiger partial charge < -0.3 is 9.64 Å². The zero-order chi connectivity index (χ0) is 18.7. The molecule has 6 nitrogen and oxygen atoms in total. The summed E-state index contributed by atoms with van der Waals surface area (Å²) in [5.41, 5.74) is 0.672. The molecule has 0 spiro atoms. The average molecular weight is 359 g/mol.